The monoisotopic (exact) mass is 411 g/mol. The molecule has 1 atom stereocenters. The van der Waals surface area contributed by atoms with Gasteiger partial charge < -0.3 is 20.7 Å². The molecular formula is C22H22ClN3O3. The predicted octanol–water partition coefficient (Wildman–Crippen LogP) is 3.86. The van der Waals surface area contributed by atoms with Gasteiger partial charge in [0.15, 0.2) is 0 Å². The third-order valence-corrected chi connectivity index (χ3v) is 5.51. The highest BCUT2D eigenvalue weighted by atomic mass is 35.5. The van der Waals surface area contributed by atoms with Crippen LogP contribution in [0.4, 0.5) is 17.1 Å². The van der Waals surface area contributed by atoms with Gasteiger partial charge in [-0.2, -0.15) is 0 Å². The van der Waals surface area contributed by atoms with Gasteiger partial charge in [0, 0.05) is 46.2 Å². The van der Waals surface area contributed by atoms with E-state index in [0.29, 0.717) is 36.7 Å². The molecule has 2 aliphatic rings. The number of hydrogen-bond acceptors (Lipinski definition) is 5. The number of carbonyl (C=O) groups is 2. The van der Waals surface area contributed by atoms with Gasteiger partial charge in [0.05, 0.1) is 6.61 Å². The number of esters is 1. The number of nitrogen functional groups attached to an aromatic ring is 1. The van der Waals surface area contributed by atoms with Crippen LogP contribution in [0.3, 0.4) is 0 Å². The zero-order chi connectivity index (χ0) is 20.5. The summed E-state index contributed by atoms with van der Waals surface area (Å²) >= 11 is 6.16. The smallest absolute Gasteiger partial charge is 0.328 e. The number of benzene rings is 2. The van der Waals surface area contributed by atoms with Crippen molar-refractivity contribution < 1.29 is 14.3 Å². The lowest BCUT2D eigenvalue weighted by molar-refractivity contribution is -0.144. The number of rotatable bonds is 3. The van der Waals surface area contributed by atoms with E-state index in [2.05, 4.69) is 5.32 Å². The summed E-state index contributed by atoms with van der Waals surface area (Å²) in [6, 6.07) is 12.2. The van der Waals surface area contributed by atoms with E-state index in [4.69, 9.17) is 22.1 Å². The molecule has 7 heteroatoms. The molecule has 29 heavy (non-hydrogen) atoms. The van der Waals surface area contributed by atoms with Crippen molar-refractivity contribution in [2.75, 3.05) is 29.1 Å². The summed E-state index contributed by atoms with van der Waals surface area (Å²) in [4.78, 5) is 27.4. The second-order valence-electron chi connectivity index (χ2n) is 7.10. The van der Waals surface area contributed by atoms with E-state index in [1.807, 2.05) is 18.2 Å². The molecule has 2 aromatic carbocycles. The summed E-state index contributed by atoms with van der Waals surface area (Å²) in [7, 11) is 0. The molecule has 0 saturated carbocycles. The van der Waals surface area contributed by atoms with E-state index in [1.54, 1.807) is 36.1 Å². The maximum Gasteiger partial charge on any atom is 0.328 e. The Labute approximate surface area is 174 Å². The summed E-state index contributed by atoms with van der Waals surface area (Å²) in [5, 5.41) is 3.77. The standard InChI is InChI=1S/C22H22ClN3O3/c1-2-29-22(28)20-12-18(16-8-3-13(23)11-19(16)25-20)17-9-10-26(21(17)27)15-6-4-14(24)5-7-15/h3-8,11,20,25H,2,9-10,12,24H2,1H3. The number of ether oxygens (including phenoxy) is 1. The first-order chi connectivity index (χ1) is 14.0. The molecule has 1 unspecified atom stereocenters. The molecule has 2 heterocycles. The Balaban J connectivity index is 1.73. The highest BCUT2D eigenvalue weighted by Crippen LogP contribution is 2.40. The van der Waals surface area contributed by atoms with Crippen molar-refractivity contribution in [3.05, 3.63) is 58.6 Å². The molecule has 1 amide bonds. The summed E-state index contributed by atoms with van der Waals surface area (Å²) in [5.41, 5.74) is 10.5. The fourth-order valence-corrected chi connectivity index (χ4v) is 4.07. The molecule has 0 aliphatic carbocycles. The average molecular weight is 412 g/mol. The lowest BCUT2D eigenvalue weighted by atomic mass is 9.88. The third kappa shape index (κ3) is 3.68. The Morgan fingerprint density at radius 2 is 2.00 bits per heavy atom. The first-order valence-corrected chi connectivity index (χ1v) is 9.98. The second kappa shape index (κ2) is 7.79. The van der Waals surface area contributed by atoms with Crippen LogP contribution in [0, 0.1) is 0 Å². The minimum Gasteiger partial charge on any atom is -0.464 e. The summed E-state index contributed by atoms with van der Waals surface area (Å²) in [6.45, 7) is 2.66. The normalized spacial score (nSPS) is 21.0. The van der Waals surface area contributed by atoms with Crippen LogP contribution in [0.2, 0.25) is 5.02 Å². The van der Waals surface area contributed by atoms with Crippen LogP contribution in [-0.2, 0) is 14.3 Å². The van der Waals surface area contributed by atoms with Gasteiger partial charge in [0.1, 0.15) is 6.04 Å². The van der Waals surface area contributed by atoms with Gasteiger partial charge in [-0.3, -0.25) is 4.79 Å². The lowest BCUT2D eigenvalue weighted by Crippen LogP contribution is -2.35. The van der Waals surface area contributed by atoms with Crippen LogP contribution >= 0.6 is 11.6 Å². The van der Waals surface area contributed by atoms with Crippen LogP contribution in [0.15, 0.2) is 48.0 Å². The van der Waals surface area contributed by atoms with Gasteiger partial charge in [-0.25, -0.2) is 4.79 Å². The Hall–Kier alpha value is -2.99. The van der Waals surface area contributed by atoms with Gasteiger partial charge in [0.2, 0.25) is 0 Å². The molecule has 0 bridgehead atoms. The third-order valence-electron chi connectivity index (χ3n) is 5.27. The number of nitrogens with one attached hydrogen (secondary N) is 1. The Morgan fingerprint density at radius 3 is 2.72 bits per heavy atom. The minimum atomic E-state index is -0.554. The number of carbonyl (C=O) groups excluding carboxylic acids is 2. The zero-order valence-corrected chi connectivity index (χ0v) is 16.8. The van der Waals surface area contributed by atoms with Crippen molar-refractivity contribution in [1.29, 1.82) is 0 Å². The molecule has 3 N–H and O–H groups in total. The van der Waals surface area contributed by atoms with Crippen molar-refractivity contribution >= 4 is 46.1 Å². The number of halogens is 1. The number of amides is 1. The van der Waals surface area contributed by atoms with Gasteiger partial charge in [-0.1, -0.05) is 17.7 Å². The van der Waals surface area contributed by atoms with Crippen molar-refractivity contribution in [1.82, 2.24) is 0 Å². The van der Waals surface area contributed by atoms with Crippen LogP contribution < -0.4 is 16.0 Å². The van der Waals surface area contributed by atoms with Crippen LogP contribution in [-0.4, -0.2) is 31.1 Å². The maximum absolute atomic E-state index is 13.2. The highest BCUT2D eigenvalue weighted by Gasteiger charge is 2.35. The molecule has 0 aromatic heterocycles. The van der Waals surface area contributed by atoms with E-state index in [-0.39, 0.29) is 11.9 Å². The van der Waals surface area contributed by atoms with Crippen LogP contribution in [0.25, 0.3) is 5.57 Å². The molecule has 6 nitrogen and oxygen atoms in total. The quantitative estimate of drug-likeness (QED) is 0.455. The van der Waals surface area contributed by atoms with E-state index >= 15 is 0 Å². The molecule has 0 spiro atoms. The minimum absolute atomic E-state index is 0.0461. The molecule has 1 fully saturated rings. The molecule has 1 saturated heterocycles. The van der Waals surface area contributed by atoms with E-state index in [9.17, 15) is 9.59 Å². The number of nitrogens with zero attached hydrogens (tertiary/aromatic N) is 1. The summed E-state index contributed by atoms with van der Waals surface area (Å²) < 4.78 is 5.20. The van der Waals surface area contributed by atoms with E-state index in [0.717, 1.165) is 28.1 Å². The Bertz CT molecular complexity index is 1000. The second-order valence-corrected chi connectivity index (χ2v) is 7.53. The Morgan fingerprint density at radius 1 is 1.24 bits per heavy atom. The molecule has 2 aliphatic heterocycles. The first-order valence-electron chi connectivity index (χ1n) is 9.60. The van der Waals surface area contributed by atoms with Crippen LogP contribution in [0.1, 0.15) is 25.3 Å². The predicted molar refractivity (Wildman–Crippen MR) is 115 cm³/mol. The lowest BCUT2D eigenvalue weighted by Gasteiger charge is -2.29. The fourth-order valence-electron chi connectivity index (χ4n) is 3.90. The molecule has 150 valence electrons. The van der Waals surface area contributed by atoms with E-state index in [1.165, 1.54) is 0 Å². The number of nitrogens with two attached hydrogens (primary N) is 1. The number of fused-ring (bicyclic) bond motifs is 1. The molecular weight excluding hydrogens is 390 g/mol. The van der Waals surface area contributed by atoms with Gasteiger partial charge in [0.25, 0.3) is 5.91 Å². The van der Waals surface area contributed by atoms with Crippen molar-refractivity contribution in [2.24, 2.45) is 0 Å². The zero-order valence-electron chi connectivity index (χ0n) is 16.1. The van der Waals surface area contributed by atoms with Crippen molar-refractivity contribution in [2.45, 2.75) is 25.8 Å². The molecule has 0 radical (unpaired) electrons. The van der Waals surface area contributed by atoms with Crippen molar-refractivity contribution in [3.63, 3.8) is 0 Å². The first kappa shape index (κ1) is 19.3. The average Bonchev–Trinajstić information content (AvgIpc) is 3.09. The van der Waals surface area contributed by atoms with Crippen molar-refractivity contribution in [3.8, 4) is 0 Å². The Kier molecular flexibility index (Phi) is 5.20. The maximum atomic E-state index is 13.2. The van der Waals surface area contributed by atoms with Gasteiger partial charge in [-0.15, -0.1) is 0 Å². The largest absolute Gasteiger partial charge is 0.464 e. The number of hydrogen-bond donors (Lipinski definition) is 2. The molecule has 4 rings (SSSR count). The topological polar surface area (TPSA) is 84.7 Å². The summed E-state index contributed by atoms with van der Waals surface area (Å²) in [5.74, 6) is -0.382. The van der Waals surface area contributed by atoms with Gasteiger partial charge >= 0.3 is 5.97 Å². The highest BCUT2D eigenvalue weighted by molar-refractivity contribution is 6.31. The van der Waals surface area contributed by atoms with E-state index < -0.39 is 6.04 Å². The molecule has 2 aromatic rings. The number of anilines is 3. The fraction of sp³-hybridized carbons (Fsp3) is 0.273. The van der Waals surface area contributed by atoms with Crippen LogP contribution in [0.5, 0.6) is 0 Å². The summed E-state index contributed by atoms with van der Waals surface area (Å²) in [6.07, 6.45) is 1.00. The van der Waals surface area contributed by atoms with Gasteiger partial charge in [-0.05, 0) is 55.3 Å². The SMILES string of the molecule is CCOC(=O)C1CC(=C2CCN(c3ccc(N)cc3)C2=O)c2ccc(Cl)cc2N1.